The van der Waals surface area contributed by atoms with Gasteiger partial charge in [-0.3, -0.25) is 9.78 Å². The third-order valence-corrected chi connectivity index (χ3v) is 3.56. The molecule has 0 spiro atoms. The summed E-state index contributed by atoms with van der Waals surface area (Å²) in [6.45, 7) is 9.90. The van der Waals surface area contributed by atoms with E-state index in [0.29, 0.717) is 5.56 Å². The Morgan fingerprint density at radius 2 is 1.47 bits per heavy atom. The number of aromatic nitrogens is 1. The van der Waals surface area contributed by atoms with Crippen LogP contribution >= 0.6 is 0 Å². The summed E-state index contributed by atoms with van der Waals surface area (Å²) < 4.78 is 0. The van der Waals surface area contributed by atoms with Crippen LogP contribution in [0.2, 0.25) is 0 Å². The summed E-state index contributed by atoms with van der Waals surface area (Å²) >= 11 is 0. The molecular weight excluding hydrogens is 234 g/mol. The quantitative estimate of drug-likeness (QED) is 0.761. The molecule has 98 valence electrons. The van der Waals surface area contributed by atoms with Crippen molar-refractivity contribution < 1.29 is 4.79 Å². The van der Waals surface area contributed by atoms with E-state index in [4.69, 9.17) is 0 Å². The third kappa shape index (κ3) is 2.58. The van der Waals surface area contributed by atoms with Gasteiger partial charge in [0.25, 0.3) is 0 Å². The lowest BCUT2D eigenvalue weighted by atomic mass is 9.94. The van der Waals surface area contributed by atoms with Gasteiger partial charge in [-0.2, -0.15) is 0 Å². The SMILES string of the molecule is Cc1ccc(C(=O)c2cc(C)c(C)cc2C)c(C)n1. The largest absolute Gasteiger partial charge is 0.289 e. The molecule has 0 aliphatic heterocycles. The Bertz CT molecular complexity index is 657. The van der Waals surface area contributed by atoms with E-state index in [9.17, 15) is 4.79 Å². The van der Waals surface area contributed by atoms with Crippen molar-refractivity contribution in [3.05, 3.63) is 63.5 Å². The fourth-order valence-electron chi connectivity index (χ4n) is 2.28. The molecule has 1 aromatic carbocycles. The highest BCUT2D eigenvalue weighted by atomic mass is 16.1. The maximum atomic E-state index is 12.6. The van der Waals surface area contributed by atoms with Crippen LogP contribution in [0.5, 0.6) is 0 Å². The number of hydrogen-bond donors (Lipinski definition) is 0. The summed E-state index contributed by atoms with van der Waals surface area (Å²) in [7, 11) is 0. The third-order valence-electron chi connectivity index (χ3n) is 3.56. The van der Waals surface area contributed by atoms with Crippen LogP contribution < -0.4 is 0 Å². The molecule has 0 atom stereocenters. The first kappa shape index (κ1) is 13.5. The van der Waals surface area contributed by atoms with Gasteiger partial charge in [0.2, 0.25) is 0 Å². The molecule has 0 saturated heterocycles. The zero-order chi connectivity index (χ0) is 14.2. The number of hydrogen-bond acceptors (Lipinski definition) is 2. The van der Waals surface area contributed by atoms with Crippen LogP contribution in [0.4, 0.5) is 0 Å². The van der Waals surface area contributed by atoms with Crippen molar-refractivity contribution in [1.82, 2.24) is 4.98 Å². The Hall–Kier alpha value is -1.96. The van der Waals surface area contributed by atoms with E-state index < -0.39 is 0 Å². The Morgan fingerprint density at radius 3 is 2.11 bits per heavy atom. The normalized spacial score (nSPS) is 10.6. The highest BCUT2D eigenvalue weighted by Crippen LogP contribution is 2.20. The highest BCUT2D eigenvalue weighted by molar-refractivity contribution is 6.10. The summed E-state index contributed by atoms with van der Waals surface area (Å²) in [6, 6.07) is 7.80. The molecule has 0 saturated carbocycles. The average molecular weight is 253 g/mol. The van der Waals surface area contributed by atoms with Crippen LogP contribution in [0.1, 0.15) is 44.0 Å². The molecule has 2 rings (SSSR count). The van der Waals surface area contributed by atoms with Gasteiger partial charge in [0.1, 0.15) is 0 Å². The van der Waals surface area contributed by atoms with Gasteiger partial charge >= 0.3 is 0 Å². The van der Waals surface area contributed by atoms with E-state index >= 15 is 0 Å². The lowest BCUT2D eigenvalue weighted by Gasteiger charge is -2.10. The number of nitrogens with zero attached hydrogens (tertiary/aromatic N) is 1. The Labute approximate surface area is 114 Å². The molecule has 0 N–H and O–H groups in total. The van der Waals surface area contributed by atoms with Crippen molar-refractivity contribution in [2.75, 3.05) is 0 Å². The monoisotopic (exact) mass is 253 g/mol. The van der Waals surface area contributed by atoms with Crippen molar-refractivity contribution in [3.8, 4) is 0 Å². The Kier molecular flexibility index (Phi) is 3.52. The number of benzene rings is 1. The fraction of sp³-hybridized carbons (Fsp3) is 0.294. The number of pyridine rings is 1. The summed E-state index contributed by atoms with van der Waals surface area (Å²) in [5.41, 5.74) is 6.58. The molecule has 2 heteroatoms. The van der Waals surface area contributed by atoms with Gasteiger partial charge in [0.15, 0.2) is 5.78 Å². The van der Waals surface area contributed by atoms with E-state index in [1.165, 1.54) is 5.56 Å². The van der Waals surface area contributed by atoms with Gasteiger partial charge in [0.05, 0.1) is 0 Å². The van der Waals surface area contributed by atoms with Crippen molar-refractivity contribution in [3.63, 3.8) is 0 Å². The maximum Gasteiger partial charge on any atom is 0.195 e. The molecule has 0 unspecified atom stereocenters. The number of carbonyl (C=O) groups excluding carboxylic acids is 1. The van der Waals surface area contributed by atoms with Crippen LogP contribution in [0.25, 0.3) is 0 Å². The number of ketones is 1. The Morgan fingerprint density at radius 1 is 0.842 bits per heavy atom. The van der Waals surface area contributed by atoms with Crippen LogP contribution in [0.15, 0.2) is 24.3 Å². The molecule has 0 bridgehead atoms. The van der Waals surface area contributed by atoms with Crippen LogP contribution in [-0.4, -0.2) is 10.8 Å². The lowest BCUT2D eigenvalue weighted by molar-refractivity contribution is 0.103. The predicted octanol–water partition coefficient (Wildman–Crippen LogP) is 3.85. The van der Waals surface area contributed by atoms with E-state index in [2.05, 4.69) is 18.0 Å². The second-order valence-corrected chi connectivity index (χ2v) is 5.17. The molecule has 2 nitrogen and oxygen atoms in total. The fourth-order valence-corrected chi connectivity index (χ4v) is 2.28. The minimum Gasteiger partial charge on any atom is -0.289 e. The molecule has 0 radical (unpaired) electrons. The lowest BCUT2D eigenvalue weighted by Crippen LogP contribution is -2.08. The van der Waals surface area contributed by atoms with Gasteiger partial charge in [0, 0.05) is 22.5 Å². The Balaban J connectivity index is 2.53. The molecule has 19 heavy (non-hydrogen) atoms. The smallest absolute Gasteiger partial charge is 0.195 e. The topological polar surface area (TPSA) is 30.0 Å². The molecule has 2 aromatic rings. The van der Waals surface area contributed by atoms with Crippen LogP contribution in [-0.2, 0) is 0 Å². The number of carbonyl (C=O) groups is 1. The van der Waals surface area contributed by atoms with Crippen molar-refractivity contribution in [2.45, 2.75) is 34.6 Å². The minimum atomic E-state index is 0.0607. The van der Waals surface area contributed by atoms with Gasteiger partial charge in [-0.05, 0) is 69.5 Å². The zero-order valence-electron chi connectivity index (χ0n) is 12.2. The summed E-state index contributed by atoms with van der Waals surface area (Å²) in [6.07, 6.45) is 0. The second-order valence-electron chi connectivity index (χ2n) is 5.17. The van der Waals surface area contributed by atoms with Crippen LogP contribution in [0, 0.1) is 34.6 Å². The van der Waals surface area contributed by atoms with E-state index in [1.54, 1.807) is 0 Å². The predicted molar refractivity (Wildman–Crippen MR) is 77.8 cm³/mol. The summed E-state index contributed by atoms with van der Waals surface area (Å²) in [5.74, 6) is 0.0607. The molecular formula is C17H19NO. The first-order valence-electron chi connectivity index (χ1n) is 6.47. The van der Waals surface area contributed by atoms with Gasteiger partial charge in [-0.15, -0.1) is 0 Å². The van der Waals surface area contributed by atoms with Gasteiger partial charge in [-0.1, -0.05) is 6.07 Å². The van der Waals surface area contributed by atoms with E-state index in [1.807, 2.05) is 45.9 Å². The molecule has 0 aliphatic carbocycles. The highest BCUT2D eigenvalue weighted by Gasteiger charge is 2.15. The van der Waals surface area contributed by atoms with Crippen molar-refractivity contribution >= 4 is 5.78 Å². The molecule has 1 aromatic heterocycles. The van der Waals surface area contributed by atoms with Crippen LogP contribution in [0.3, 0.4) is 0 Å². The van der Waals surface area contributed by atoms with Gasteiger partial charge in [-0.25, -0.2) is 0 Å². The van der Waals surface area contributed by atoms with Gasteiger partial charge < -0.3 is 0 Å². The minimum absolute atomic E-state index is 0.0607. The van der Waals surface area contributed by atoms with E-state index in [0.717, 1.165) is 28.1 Å². The number of aryl methyl sites for hydroxylation is 5. The molecule has 0 aliphatic rings. The maximum absolute atomic E-state index is 12.6. The average Bonchev–Trinajstić information content (AvgIpc) is 2.33. The standard InChI is InChI=1S/C17H19NO/c1-10-8-12(3)16(9-11(10)2)17(19)15-7-6-13(4)18-14(15)5/h6-9H,1-5H3. The first-order valence-corrected chi connectivity index (χ1v) is 6.47. The first-order chi connectivity index (χ1) is 8.90. The van der Waals surface area contributed by atoms with E-state index in [-0.39, 0.29) is 5.78 Å². The summed E-state index contributed by atoms with van der Waals surface area (Å²) in [4.78, 5) is 17.0. The zero-order valence-corrected chi connectivity index (χ0v) is 12.2. The molecule has 1 heterocycles. The molecule has 0 amide bonds. The second kappa shape index (κ2) is 4.96. The van der Waals surface area contributed by atoms with Crippen molar-refractivity contribution in [2.24, 2.45) is 0 Å². The van der Waals surface area contributed by atoms with Crippen molar-refractivity contribution in [1.29, 1.82) is 0 Å². The number of rotatable bonds is 2. The summed E-state index contributed by atoms with van der Waals surface area (Å²) in [5, 5.41) is 0. The molecule has 0 fully saturated rings.